The van der Waals surface area contributed by atoms with Crippen LogP contribution in [0.2, 0.25) is 10.0 Å². The van der Waals surface area contributed by atoms with Crippen LogP contribution in [0.5, 0.6) is 0 Å². The van der Waals surface area contributed by atoms with Gasteiger partial charge in [0.25, 0.3) is 0 Å². The molecule has 0 aliphatic heterocycles. The third-order valence-corrected chi connectivity index (χ3v) is 3.35. The molecule has 1 aromatic rings. The van der Waals surface area contributed by atoms with E-state index < -0.39 is 6.04 Å². The number of aromatic nitrogens is 1. The summed E-state index contributed by atoms with van der Waals surface area (Å²) >= 11 is 11.8. The lowest BCUT2D eigenvalue weighted by Gasteiger charge is -2.24. The van der Waals surface area contributed by atoms with Gasteiger partial charge < -0.3 is 16.0 Å². The topological polar surface area (TPSA) is 71.2 Å². The molecule has 1 atom stereocenters. The van der Waals surface area contributed by atoms with E-state index in [1.165, 1.54) is 6.07 Å². The van der Waals surface area contributed by atoms with Gasteiger partial charge in [0.1, 0.15) is 17.7 Å². The average molecular weight is 305 g/mol. The Morgan fingerprint density at radius 3 is 2.53 bits per heavy atom. The van der Waals surface area contributed by atoms with E-state index in [-0.39, 0.29) is 11.7 Å². The molecule has 1 rings (SSSR count). The summed E-state index contributed by atoms with van der Waals surface area (Å²) in [6.07, 6.45) is 0. The van der Waals surface area contributed by atoms with Crippen molar-refractivity contribution in [3.63, 3.8) is 0 Å². The first-order valence-corrected chi connectivity index (χ1v) is 6.83. The van der Waals surface area contributed by atoms with Crippen molar-refractivity contribution < 1.29 is 4.79 Å². The maximum Gasteiger partial charge on any atom is 0.244 e. The molecule has 106 valence electrons. The van der Waals surface area contributed by atoms with E-state index in [9.17, 15) is 4.79 Å². The van der Waals surface area contributed by atoms with Gasteiger partial charge in [-0.1, -0.05) is 23.2 Å². The normalized spacial score (nSPS) is 12.1. The second kappa shape index (κ2) is 6.82. The quantitative estimate of drug-likeness (QED) is 0.877. The number of pyridine rings is 1. The number of nitrogens with one attached hydrogen (secondary N) is 1. The number of nitrogens with zero attached hydrogens (tertiary/aromatic N) is 2. The molecule has 1 amide bonds. The van der Waals surface area contributed by atoms with Crippen molar-refractivity contribution in [2.75, 3.05) is 24.1 Å². The zero-order valence-corrected chi connectivity index (χ0v) is 12.7. The smallest absolute Gasteiger partial charge is 0.244 e. The van der Waals surface area contributed by atoms with Gasteiger partial charge in [0, 0.05) is 13.1 Å². The van der Waals surface area contributed by atoms with Gasteiger partial charge >= 0.3 is 0 Å². The fourth-order valence-electron chi connectivity index (χ4n) is 1.66. The summed E-state index contributed by atoms with van der Waals surface area (Å²) in [4.78, 5) is 17.9. The highest BCUT2D eigenvalue weighted by molar-refractivity contribution is 6.37. The maximum absolute atomic E-state index is 12.1. The SMILES string of the molecule is CCN(CC)C(=O)C(C)Nc1nc(N)c(Cl)cc1Cl. The van der Waals surface area contributed by atoms with Crippen LogP contribution in [0.3, 0.4) is 0 Å². The lowest BCUT2D eigenvalue weighted by Crippen LogP contribution is -2.41. The van der Waals surface area contributed by atoms with E-state index in [0.717, 1.165) is 0 Å². The van der Waals surface area contributed by atoms with Crippen molar-refractivity contribution in [1.82, 2.24) is 9.88 Å². The summed E-state index contributed by atoms with van der Waals surface area (Å²) in [5, 5.41) is 3.58. The van der Waals surface area contributed by atoms with Crippen molar-refractivity contribution in [2.45, 2.75) is 26.8 Å². The molecule has 7 heteroatoms. The molecule has 0 spiro atoms. The number of rotatable bonds is 5. The third-order valence-electron chi connectivity index (χ3n) is 2.76. The molecular formula is C12H18Cl2N4O. The summed E-state index contributed by atoms with van der Waals surface area (Å²) in [7, 11) is 0. The molecule has 5 nitrogen and oxygen atoms in total. The van der Waals surface area contributed by atoms with Crippen LogP contribution < -0.4 is 11.1 Å². The van der Waals surface area contributed by atoms with Gasteiger partial charge in [-0.05, 0) is 26.8 Å². The number of amides is 1. The highest BCUT2D eigenvalue weighted by Crippen LogP contribution is 2.27. The molecule has 0 aliphatic carbocycles. The largest absolute Gasteiger partial charge is 0.382 e. The standard InChI is InChI=1S/C12H18Cl2N4O/c1-4-18(5-2)12(19)7(3)16-11-9(14)6-8(13)10(15)17-11/h6-7H,4-5H2,1-3H3,(H3,15,16,17). The van der Waals surface area contributed by atoms with Crippen LogP contribution >= 0.6 is 23.2 Å². The summed E-state index contributed by atoms with van der Waals surface area (Å²) < 4.78 is 0. The Kier molecular flexibility index (Phi) is 5.69. The van der Waals surface area contributed by atoms with Gasteiger partial charge in [0.2, 0.25) is 5.91 Å². The van der Waals surface area contributed by atoms with E-state index in [4.69, 9.17) is 28.9 Å². The second-order valence-corrected chi connectivity index (χ2v) is 4.88. The number of anilines is 2. The number of hydrogen-bond donors (Lipinski definition) is 2. The maximum atomic E-state index is 12.1. The zero-order valence-electron chi connectivity index (χ0n) is 11.2. The minimum absolute atomic E-state index is 0.0172. The van der Waals surface area contributed by atoms with Gasteiger partial charge in [-0.2, -0.15) is 0 Å². The van der Waals surface area contributed by atoms with Crippen LogP contribution in [0.25, 0.3) is 0 Å². The summed E-state index contributed by atoms with van der Waals surface area (Å²) in [5.74, 6) is 0.518. The Labute approximate surface area is 123 Å². The third kappa shape index (κ3) is 3.88. The number of hydrogen-bond acceptors (Lipinski definition) is 4. The van der Waals surface area contributed by atoms with Crippen LogP contribution in [-0.2, 0) is 4.79 Å². The van der Waals surface area contributed by atoms with Crippen molar-refractivity contribution >= 4 is 40.7 Å². The first-order chi connectivity index (χ1) is 8.90. The van der Waals surface area contributed by atoms with Crippen LogP contribution in [-0.4, -0.2) is 34.9 Å². The molecule has 1 heterocycles. The number of carbonyl (C=O) groups is 1. The molecule has 3 N–H and O–H groups in total. The molecule has 0 radical (unpaired) electrons. The fraction of sp³-hybridized carbons (Fsp3) is 0.500. The van der Waals surface area contributed by atoms with E-state index in [0.29, 0.717) is 29.0 Å². The van der Waals surface area contributed by atoms with E-state index in [1.807, 2.05) is 13.8 Å². The van der Waals surface area contributed by atoms with E-state index in [2.05, 4.69) is 10.3 Å². The molecule has 0 bridgehead atoms. The Balaban J connectivity index is 2.85. The Morgan fingerprint density at radius 2 is 2.00 bits per heavy atom. The highest BCUT2D eigenvalue weighted by atomic mass is 35.5. The number of nitrogens with two attached hydrogens (primary N) is 1. The molecule has 1 aromatic heterocycles. The molecule has 19 heavy (non-hydrogen) atoms. The molecule has 0 fully saturated rings. The average Bonchev–Trinajstić information content (AvgIpc) is 2.37. The predicted molar refractivity (Wildman–Crippen MR) is 79.7 cm³/mol. The summed E-state index contributed by atoms with van der Waals surface area (Å²) in [5.41, 5.74) is 5.62. The first kappa shape index (κ1) is 15.9. The number of likely N-dealkylation sites (N-methyl/N-ethyl adjacent to an activating group) is 1. The Bertz CT molecular complexity index is 463. The highest BCUT2D eigenvalue weighted by Gasteiger charge is 2.19. The first-order valence-electron chi connectivity index (χ1n) is 6.07. The molecular weight excluding hydrogens is 287 g/mol. The van der Waals surface area contributed by atoms with E-state index >= 15 is 0 Å². The monoisotopic (exact) mass is 304 g/mol. The van der Waals surface area contributed by atoms with E-state index in [1.54, 1.807) is 11.8 Å². The van der Waals surface area contributed by atoms with Gasteiger partial charge in [-0.15, -0.1) is 0 Å². The van der Waals surface area contributed by atoms with Crippen molar-refractivity contribution in [3.8, 4) is 0 Å². The lowest BCUT2D eigenvalue weighted by molar-refractivity contribution is -0.131. The van der Waals surface area contributed by atoms with Crippen LogP contribution in [0.4, 0.5) is 11.6 Å². The van der Waals surface area contributed by atoms with Crippen LogP contribution in [0.15, 0.2) is 6.07 Å². The number of halogens is 2. The van der Waals surface area contributed by atoms with Gasteiger partial charge in [-0.25, -0.2) is 4.98 Å². The molecule has 0 saturated heterocycles. The van der Waals surface area contributed by atoms with Gasteiger partial charge in [-0.3, -0.25) is 4.79 Å². The zero-order chi connectivity index (χ0) is 14.6. The summed E-state index contributed by atoms with van der Waals surface area (Å²) in [6.45, 7) is 6.93. The van der Waals surface area contributed by atoms with Crippen LogP contribution in [0, 0.1) is 0 Å². The van der Waals surface area contributed by atoms with Crippen LogP contribution in [0.1, 0.15) is 20.8 Å². The Hall–Kier alpha value is -1.20. The number of carbonyl (C=O) groups excluding carboxylic acids is 1. The van der Waals surface area contributed by atoms with Crippen molar-refractivity contribution in [3.05, 3.63) is 16.1 Å². The van der Waals surface area contributed by atoms with Crippen molar-refractivity contribution in [1.29, 1.82) is 0 Å². The predicted octanol–water partition coefficient (Wildman–Crippen LogP) is 2.64. The summed E-state index contributed by atoms with van der Waals surface area (Å²) in [6, 6.07) is 1.06. The minimum atomic E-state index is -0.439. The molecule has 0 saturated carbocycles. The fourth-order valence-corrected chi connectivity index (χ4v) is 2.07. The second-order valence-electron chi connectivity index (χ2n) is 4.06. The van der Waals surface area contributed by atoms with Gasteiger partial charge in [0.15, 0.2) is 0 Å². The number of nitrogen functional groups attached to an aromatic ring is 1. The van der Waals surface area contributed by atoms with Gasteiger partial charge in [0.05, 0.1) is 10.0 Å². The molecule has 0 aromatic carbocycles. The lowest BCUT2D eigenvalue weighted by atomic mass is 10.2. The molecule has 1 unspecified atom stereocenters. The minimum Gasteiger partial charge on any atom is -0.382 e. The molecule has 0 aliphatic rings. The Morgan fingerprint density at radius 1 is 1.42 bits per heavy atom. The van der Waals surface area contributed by atoms with Crippen molar-refractivity contribution in [2.24, 2.45) is 0 Å².